The Balaban J connectivity index is 0.00000176. The molecule has 7 nitrogen and oxygen atoms in total. The number of carbonyl (C=O) groups excluding carboxylic acids is 1. The Bertz CT molecular complexity index is 1000. The van der Waals surface area contributed by atoms with Crippen molar-refractivity contribution in [1.82, 2.24) is 15.0 Å². The van der Waals surface area contributed by atoms with E-state index < -0.39 is 5.82 Å². The molecule has 0 bridgehead atoms. The van der Waals surface area contributed by atoms with E-state index in [1.54, 1.807) is 0 Å². The molecule has 1 heterocycles. The van der Waals surface area contributed by atoms with Crippen LogP contribution in [0.2, 0.25) is 0 Å². The van der Waals surface area contributed by atoms with Crippen molar-refractivity contribution in [3.63, 3.8) is 0 Å². The summed E-state index contributed by atoms with van der Waals surface area (Å²) in [4.78, 5) is 10.6. The number of aromatic nitrogens is 3. The average Bonchev–Trinajstić information content (AvgIpc) is 3.19. The number of halogens is 1. The predicted molar refractivity (Wildman–Crippen MR) is 120 cm³/mol. The summed E-state index contributed by atoms with van der Waals surface area (Å²) in [5, 5.41) is 8.21. The van der Waals surface area contributed by atoms with Crippen LogP contribution in [0.3, 0.4) is 0 Å². The topological polar surface area (TPSA) is 75.5 Å². The third-order valence-electron chi connectivity index (χ3n) is 4.25. The van der Waals surface area contributed by atoms with Crippen LogP contribution in [0.25, 0.3) is 5.69 Å². The highest BCUT2D eigenvalue weighted by Crippen LogP contribution is 2.27. The van der Waals surface area contributed by atoms with Crippen molar-refractivity contribution < 1.29 is 23.4 Å². The molecule has 0 unspecified atom stereocenters. The Morgan fingerprint density at radius 2 is 1.91 bits per heavy atom. The molecule has 0 fully saturated rings. The maximum absolute atomic E-state index is 14.5. The summed E-state index contributed by atoms with van der Waals surface area (Å²) < 4.78 is 32.7. The normalized spacial score (nSPS) is 10.3. The van der Waals surface area contributed by atoms with Gasteiger partial charge in [-0.15, -0.1) is 5.10 Å². The number of rotatable bonds is 10. The van der Waals surface area contributed by atoms with Crippen molar-refractivity contribution in [3.05, 3.63) is 59.5 Å². The van der Waals surface area contributed by atoms with Crippen LogP contribution in [0.1, 0.15) is 45.4 Å². The van der Waals surface area contributed by atoms with Gasteiger partial charge in [0.05, 0.1) is 13.2 Å². The van der Waals surface area contributed by atoms with Crippen LogP contribution in [0.4, 0.5) is 4.39 Å². The van der Waals surface area contributed by atoms with E-state index in [9.17, 15) is 9.18 Å². The van der Waals surface area contributed by atoms with Gasteiger partial charge in [0.25, 0.3) is 0 Å². The largest absolute Gasteiger partial charge is 0.497 e. The summed E-state index contributed by atoms with van der Waals surface area (Å²) in [6.07, 6.45) is 1.81. The van der Waals surface area contributed by atoms with Gasteiger partial charge in [0.15, 0.2) is 5.69 Å². The smallest absolute Gasteiger partial charge is 0.244 e. The molecule has 32 heavy (non-hydrogen) atoms. The second-order valence-corrected chi connectivity index (χ2v) is 6.88. The molecule has 3 rings (SSSR count). The Hall–Kier alpha value is -3.42. The maximum atomic E-state index is 14.5. The molecule has 0 aliphatic rings. The van der Waals surface area contributed by atoms with E-state index in [-0.39, 0.29) is 18.4 Å². The summed E-state index contributed by atoms with van der Waals surface area (Å²) in [6, 6.07) is 11.8. The van der Waals surface area contributed by atoms with Gasteiger partial charge in [0, 0.05) is 12.5 Å². The zero-order chi connectivity index (χ0) is 23.5. The van der Waals surface area contributed by atoms with Crippen LogP contribution in [-0.2, 0) is 17.8 Å². The van der Waals surface area contributed by atoms with Crippen LogP contribution in [-0.4, -0.2) is 34.5 Å². The summed E-state index contributed by atoms with van der Waals surface area (Å²) in [7, 11) is 1.51. The van der Waals surface area contributed by atoms with Gasteiger partial charge in [-0.05, 0) is 50.1 Å². The van der Waals surface area contributed by atoms with Gasteiger partial charge in [-0.1, -0.05) is 31.2 Å². The highest BCUT2D eigenvalue weighted by atomic mass is 19.1. The van der Waals surface area contributed by atoms with Crippen molar-refractivity contribution >= 4 is 6.29 Å². The quantitative estimate of drug-likeness (QED) is 0.413. The van der Waals surface area contributed by atoms with E-state index in [4.69, 9.17) is 14.2 Å². The number of aryl methyl sites for hydroxylation is 1. The van der Waals surface area contributed by atoms with E-state index in [1.165, 1.54) is 30.0 Å². The Labute approximate surface area is 188 Å². The van der Waals surface area contributed by atoms with Gasteiger partial charge in [-0.2, -0.15) is 4.68 Å². The molecular weight excluding hydrogens is 413 g/mol. The standard InChI is InChI=1S/C22H24FN3O4.C2H6/c1-15(2)30-22-20(14-29-18-8-4-6-16(12-18)7-5-11-27)24-25-26(22)21-13-17(28-3)9-10-19(21)23;1-2/h4,6,8-13,15H,5,7,14H2,1-3H3;1-2H3. The van der Waals surface area contributed by atoms with Crippen molar-refractivity contribution in [2.75, 3.05) is 7.11 Å². The molecule has 172 valence electrons. The number of methoxy groups -OCH3 is 1. The lowest BCUT2D eigenvalue weighted by Crippen LogP contribution is -2.12. The van der Waals surface area contributed by atoms with Crippen molar-refractivity contribution in [2.24, 2.45) is 0 Å². The molecule has 1 aromatic heterocycles. The lowest BCUT2D eigenvalue weighted by Gasteiger charge is -2.14. The molecule has 0 N–H and O–H groups in total. The monoisotopic (exact) mass is 443 g/mol. The molecule has 0 atom stereocenters. The van der Waals surface area contributed by atoms with Gasteiger partial charge in [-0.25, -0.2) is 4.39 Å². The first-order valence-corrected chi connectivity index (χ1v) is 10.6. The highest BCUT2D eigenvalue weighted by molar-refractivity contribution is 5.50. The van der Waals surface area contributed by atoms with Crippen LogP contribution < -0.4 is 14.2 Å². The zero-order valence-corrected chi connectivity index (χ0v) is 19.2. The SMILES string of the molecule is CC.COc1ccc(F)c(-n2nnc(COc3cccc(CCC=O)c3)c2OC(C)C)c1. The molecule has 0 aliphatic carbocycles. The third kappa shape index (κ3) is 6.54. The second-order valence-electron chi connectivity index (χ2n) is 6.88. The lowest BCUT2D eigenvalue weighted by molar-refractivity contribution is -0.107. The van der Waals surface area contributed by atoms with Gasteiger partial charge in [0.2, 0.25) is 5.88 Å². The first kappa shape index (κ1) is 24.8. The maximum Gasteiger partial charge on any atom is 0.244 e. The summed E-state index contributed by atoms with van der Waals surface area (Å²) in [5.74, 6) is 0.942. The number of benzene rings is 2. The Morgan fingerprint density at radius 3 is 2.59 bits per heavy atom. The van der Waals surface area contributed by atoms with Crippen LogP contribution >= 0.6 is 0 Å². The molecule has 8 heteroatoms. The molecule has 0 spiro atoms. The summed E-state index contributed by atoms with van der Waals surface area (Å²) >= 11 is 0. The number of hydrogen-bond donors (Lipinski definition) is 0. The second kappa shape index (κ2) is 12.4. The molecule has 0 amide bonds. The molecule has 0 saturated heterocycles. The third-order valence-corrected chi connectivity index (χ3v) is 4.25. The summed E-state index contributed by atoms with van der Waals surface area (Å²) in [6.45, 7) is 7.81. The number of hydrogen-bond acceptors (Lipinski definition) is 6. The number of carbonyl (C=O) groups is 1. The molecular formula is C24H30FN3O4. The van der Waals surface area contributed by atoms with E-state index in [1.807, 2.05) is 52.0 Å². The number of nitrogens with zero attached hydrogens (tertiary/aromatic N) is 3. The van der Waals surface area contributed by atoms with Crippen molar-refractivity contribution in [3.8, 4) is 23.1 Å². The molecule has 0 radical (unpaired) electrons. The number of ether oxygens (including phenoxy) is 3. The fourth-order valence-electron chi connectivity index (χ4n) is 2.84. The number of aldehydes is 1. The minimum Gasteiger partial charge on any atom is -0.497 e. The molecule has 2 aromatic carbocycles. The average molecular weight is 444 g/mol. The van der Waals surface area contributed by atoms with Crippen LogP contribution in [0, 0.1) is 5.82 Å². The Morgan fingerprint density at radius 1 is 1.12 bits per heavy atom. The summed E-state index contributed by atoms with van der Waals surface area (Å²) in [5.41, 5.74) is 1.60. The first-order chi connectivity index (χ1) is 15.5. The van der Waals surface area contributed by atoms with Gasteiger partial charge < -0.3 is 19.0 Å². The van der Waals surface area contributed by atoms with E-state index in [0.717, 1.165) is 11.8 Å². The first-order valence-electron chi connectivity index (χ1n) is 10.6. The fourth-order valence-corrected chi connectivity index (χ4v) is 2.84. The minimum absolute atomic E-state index is 0.0881. The Kier molecular flexibility index (Phi) is 9.66. The molecule has 0 aliphatic heterocycles. The van der Waals surface area contributed by atoms with Gasteiger partial charge >= 0.3 is 0 Å². The van der Waals surface area contributed by atoms with E-state index >= 15 is 0 Å². The van der Waals surface area contributed by atoms with Gasteiger partial charge in [0.1, 0.15) is 35.9 Å². The van der Waals surface area contributed by atoms with E-state index in [2.05, 4.69) is 10.3 Å². The van der Waals surface area contributed by atoms with Crippen LogP contribution in [0.15, 0.2) is 42.5 Å². The molecule has 3 aromatic rings. The minimum atomic E-state index is -0.482. The highest BCUT2D eigenvalue weighted by Gasteiger charge is 2.20. The predicted octanol–water partition coefficient (Wildman–Crippen LogP) is 4.94. The van der Waals surface area contributed by atoms with E-state index in [0.29, 0.717) is 35.9 Å². The lowest BCUT2D eigenvalue weighted by atomic mass is 10.1. The molecule has 0 saturated carbocycles. The van der Waals surface area contributed by atoms with Crippen LogP contribution in [0.5, 0.6) is 17.4 Å². The van der Waals surface area contributed by atoms with Crippen molar-refractivity contribution in [1.29, 1.82) is 0 Å². The fraction of sp³-hybridized carbons (Fsp3) is 0.375. The van der Waals surface area contributed by atoms with Crippen molar-refractivity contribution in [2.45, 2.75) is 53.2 Å². The zero-order valence-electron chi connectivity index (χ0n) is 19.2. The van der Waals surface area contributed by atoms with Gasteiger partial charge in [-0.3, -0.25) is 0 Å².